The van der Waals surface area contributed by atoms with Gasteiger partial charge in [-0.15, -0.1) is 13.2 Å². The average Bonchev–Trinajstić information content (AvgIpc) is 3.33. The number of alkyl halides is 3. The summed E-state index contributed by atoms with van der Waals surface area (Å²) in [7, 11) is 1.77. The number of rotatable bonds is 5. The van der Waals surface area contributed by atoms with E-state index in [1.165, 1.54) is 12.1 Å². The maximum absolute atomic E-state index is 12.9. The summed E-state index contributed by atoms with van der Waals surface area (Å²) in [5.41, 5.74) is 3.20. The highest BCUT2D eigenvalue weighted by molar-refractivity contribution is 5.94. The van der Waals surface area contributed by atoms with Gasteiger partial charge in [-0.05, 0) is 80.3 Å². The number of aromatic amines is 1. The summed E-state index contributed by atoms with van der Waals surface area (Å²) in [6.45, 7) is 1.12. The number of ether oxygens (including phenoxy) is 2. The third kappa shape index (κ3) is 5.33. The molecule has 0 radical (unpaired) electrons. The van der Waals surface area contributed by atoms with E-state index in [9.17, 15) is 18.0 Å². The molecule has 2 aliphatic rings. The van der Waals surface area contributed by atoms with Gasteiger partial charge in [0, 0.05) is 37.9 Å². The smallest absolute Gasteiger partial charge is 0.406 e. The predicted octanol–water partition coefficient (Wildman–Crippen LogP) is 5.55. The molecule has 1 aliphatic carbocycles. The van der Waals surface area contributed by atoms with Crippen LogP contribution in [0.1, 0.15) is 72.1 Å². The van der Waals surface area contributed by atoms with Gasteiger partial charge in [0.15, 0.2) is 5.65 Å². The number of likely N-dealkylation sites (tertiary alicyclic amines) is 1. The van der Waals surface area contributed by atoms with Crippen LogP contribution in [-0.2, 0) is 4.74 Å². The van der Waals surface area contributed by atoms with E-state index in [4.69, 9.17) is 9.72 Å². The summed E-state index contributed by atoms with van der Waals surface area (Å²) in [6, 6.07) is 7.09. The number of fused-ring (bicyclic) bond motifs is 1. The molecule has 0 unspecified atom stereocenters. The van der Waals surface area contributed by atoms with Crippen LogP contribution in [0, 0.1) is 0 Å². The molecular weight excluding hydrogens is 473 g/mol. The number of aromatic nitrogens is 3. The van der Waals surface area contributed by atoms with Gasteiger partial charge in [0.2, 0.25) is 0 Å². The zero-order chi connectivity index (χ0) is 25.3. The molecule has 3 heterocycles. The van der Waals surface area contributed by atoms with Crippen LogP contribution in [0.4, 0.5) is 13.2 Å². The fourth-order valence-electron chi connectivity index (χ4n) is 5.42. The Morgan fingerprint density at radius 2 is 1.69 bits per heavy atom. The molecule has 0 bridgehead atoms. The van der Waals surface area contributed by atoms with Crippen LogP contribution >= 0.6 is 0 Å². The molecule has 0 spiro atoms. The molecule has 1 amide bonds. The molecule has 7 nitrogen and oxygen atoms in total. The van der Waals surface area contributed by atoms with Gasteiger partial charge in [0.1, 0.15) is 17.1 Å². The average molecular weight is 503 g/mol. The predicted molar refractivity (Wildman–Crippen MR) is 127 cm³/mol. The lowest BCUT2D eigenvalue weighted by Gasteiger charge is -2.32. The van der Waals surface area contributed by atoms with Crippen LogP contribution in [0.15, 0.2) is 36.5 Å². The Labute approximate surface area is 207 Å². The molecule has 192 valence electrons. The third-order valence-electron chi connectivity index (χ3n) is 7.39. The van der Waals surface area contributed by atoms with Gasteiger partial charge in [0.05, 0.1) is 6.10 Å². The number of nitrogens with one attached hydrogen (secondary N) is 1. The highest BCUT2D eigenvalue weighted by Crippen LogP contribution is 2.36. The molecule has 1 N–H and O–H groups in total. The Bertz CT molecular complexity index is 1200. The number of carbonyl (C=O) groups is 1. The number of hydrogen-bond donors (Lipinski definition) is 1. The molecule has 1 aliphatic heterocycles. The van der Waals surface area contributed by atoms with Crippen molar-refractivity contribution in [2.75, 3.05) is 20.2 Å². The number of H-pyrrole nitrogens is 1. The van der Waals surface area contributed by atoms with E-state index in [1.54, 1.807) is 12.0 Å². The Morgan fingerprint density at radius 3 is 2.33 bits per heavy atom. The van der Waals surface area contributed by atoms with Crippen LogP contribution in [-0.4, -0.2) is 58.4 Å². The molecule has 1 saturated carbocycles. The van der Waals surface area contributed by atoms with Crippen molar-refractivity contribution >= 4 is 17.1 Å². The summed E-state index contributed by atoms with van der Waals surface area (Å²) in [5, 5.41) is 0. The largest absolute Gasteiger partial charge is 0.573 e. The number of piperidine rings is 1. The van der Waals surface area contributed by atoms with E-state index in [-0.39, 0.29) is 17.6 Å². The third-order valence-corrected chi connectivity index (χ3v) is 7.39. The van der Waals surface area contributed by atoms with Crippen LogP contribution in [0.5, 0.6) is 5.75 Å². The number of imidazole rings is 1. The van der Waals surface area contributed by atoms with Gasteiger partial charge >= 0.3 is 6.36 Å². The van der Waals surface area contributed by atoms with Crippen molar-refractivity contribution in [3.05, 3.63) is 53.5 Å². The van der Waals surface area contributed by atoms with Crippen LogP contribution in [0.2, 0.25) is 0 Å². The first-order valence-electron chi connectivity index (χ1n) is 12.3. The Kier molecular flexibility index (Phi) is 6.87. The zero-order valence-corrected chi connectivity index (χ0v) is 20.1. The molecule has 36 heavy (non-hydrogen) atoms. The maximum atomic E-state index is 12.9. The van der Waals surface area contributed by atoms with E-state index in [0.29, 0.717) is 30.7 Å². The molecule has 3 aromatic rings. The number of halogens is 3. The van der Waals surface area contributed by atoms with Crippen molar-refractivity contribution in [1.82, 2.24) is 19.9 Å². The molecular formula is C26H29F3N4O3. The summed E-state index contributed by atoms with van der Waals surface area (Å²) in [5.74, 6) is 1.09. The van der Waals surface area contributed by atoms with Gasteiger partial charge < -0.3 is 19.4 Å². The first kappa shape index (κ1) is 24.5. The van der Waals surface area contributed by atoms with Crippen LogP contribution in [0.3, 0.4) is 0 Å². The van der Waals surface area contributed by atoms with Crippen LogP contribution < -0.4 is 4.74 Å². The highest BCUT2D eigenvalue weighted by Gasteiger charge is 2.32. The monoisotopic (exact) mass is 502 g/mol. The molecule has 1 aromatic carbocycles. The zero-order valence-electron chi connectivity index (χ0n) is 20.1. The minimum Gasteiger partial charge on any atom is -0.406 e. The fraction of sp³-hybridized carbons (Fsp3) is 0.500. The number of pyridine rings is 1. The summed E-state index contributed by atoms with van der Waals surface area (Å²) >= 11 is 0. The number of hydrogen-bond acceptors (Lipinski definition) is 5. The van der Waals surface area contributed by atoms with Gasteiger partial charge in [-0.1, -0.05) is 0 Å². The standard InChI is InChI=1S/C26H29F3N4O3/c1-35-19-6-2-17(3-7-19)23-31-22-21(10-13-30-24(22)32-23)16-11-14-33(15-12-16)25(34)18-4-8-20(9-5-18)36-26(27,28)29/h4-5,8-10,13,16-17,19H,2-3,6-7,11-12,14-15H2,1H3,(H,30,31,32)/t17-,19-. The first-order chi connectivity index (χ1) is 17.3. The molecule has 10 heteroatoms. The second-order valence-electron chi connectivity index (χ2n) is 9.57. The summed E-state index contributed by atoms with van der Waals surface area (Å²) < 4.78 is 46.5. The first-order valence-corrected chi connectivity index (χ1v) is 12.3. The fourth-order valence-corrected chi connectivity index (χ4v) is 5.42. The second kappa shape index (κ2) is 10.1. The number of carbonyl (C=O) groups excluding carboxylic acids is 1. The molecule has 0 atom stereocenters. The molecule has 1 saturated heterocycles. The normalized spacial score (nSPS) is 21.6. The van der Waals surface area contributed by atoms with Crippen molar-refractivity contribution in [3.8, 4) is 5.75 Å². The van der Waals surface area contributed by atoms with Crippen molar-refractivity contribution in [2.24, 2.45) is 0 Å². The molecule has 2 fully saturated rings. The quantitative estimate of drug-likeness (QED) is 0.495. The number of methoxy groups -OCH3 is 1. The van der Waals surface area contributed by atoms with Crippen molar-refractivity contribution in [1.29, 1.82) is 0 Å². The minimum atomic E-state index is -4.76. The summed E-state index contributed by atoms with van der Waals surface area (Å²) in [6.07, 6.45) is 3.08. The Balaban J connectivity index is 1.23. The summed E-state index contributed by atoms with van der Waals surface area (Å²) in [4.78, 5) is 27.6. The highest BCUT2D eigenvalue weighted by atomic mass is 19.4. The van der Waals surface area contributed by atoms with Gasteiger partial charge in [0.25, 0.3) is 5.91 Å². The number of benzene rings is 1. The SMILES string of the molecule is CO[C@H]1CC[C@H](c2nc3c(C4CCN(C(=O)c5ccc(OC(F)(F)F)cc5)CC4)ccnc3[nH]2)CC1. The second-order valence-corrected chi connectivity index (χ2v) is 9.57. The lowest BCUT2D eigenvalue weighted by molar-refractivity contribution is -0.274. The van der Waals surface area contributed by atoms with Gasteiger partial charge in [-0.3, -0.25) is 4.79 Å². The van der Waals surface area contributed by atoms with E-state index in [1.807, 2.05) is 12.3 Å². The lowest BCUT2D eigenvalue weighted by Crippen LogP contribution is -2.38. The number of nitrogens with zero attached hydrogens (tertiary/aromatic N) is 3. The molecule has 2 aromatic heterocycles. The van der Waals surface area contributed by atoms with Crippen molar-refractivity contribution in [3.63, 3.8) is 0 Å². The van der Waals surface area contributed by atoms with E-state index in [2.05, 4.69) is 14.7 Å². The minimum absolute atomic E-state index is 0.194. The van der Waals surface area contributed by atoms with Crippen molar-refractivity contribution < 1.29 is 27.4 Å². The van der Waals surface area contributed by atoms with E-state index >= 15 is 0 Å². The lowest BCUT2D eigenvalue weighted by atomic mass is 9.87. The van der Waals surface area contributed by atoms with Crippen molar-refractivity contribution in [2.45, 2.75) is 62.8 Å². The Hall–Kier alpha value is -3.14. The van der Waals surface area contributed by atoms with E-state index in [0.717, 1.165) is 73.2 Å². The maximum Gasteiger partial charge on any atom is 0.573 e. The Morgan fingerprint density at radius 1 is 1.00 bits per heavy atom. The van der Waals surface area contributed by atoms with Gasteiger partial charge in [-0.25, -0.2) is 9.97 Å². The van der Waals surface area contributed by atoms with E-state index < -0.39 is 6.36 Å². The molecule has 5 rings (SSSR count). The topological polar surface area (TPSA) is 80.3 Å². The van der Waals surface area contributed by atoms with Gasteiger partial charge in [-0.2, -0.15) is 0 Å². The number of amides is 1. The van der Waals surface area contributed by atoms with Crippen LogP contribution in [0.25, 0.3) is 11.2 Å².